The Morgan fingerprint density at radius 2 is 2.17 bits per heavy atom. The SMILES string of the molecule is CC1CSCCN1C(=O)NC1CCCC1C(=O)O. The van der Waals surface area contributed by atoms with Gasteiger partial charge in [-0.1, -0.05) is 6.42 Å². The number of nitrogens with zero attached hydrogens (tertiary/aromatic N) is 1. The maximum atomic E-state index is 12.1. The van der Waals surface area contributed by atoms with Gasteiger partial charge in [0, 0.05) is 30.1 Å². The van der Waals surface area contributed by atoms with E-state index in [1.54, 1.807) is 0 Å². The molecule has 0 radical (unpaired) electrons. The highest BCUT2D eigenvalue weighted by atomic mass is 32.2. The van der Waals surface area contributed by atoms with Crippen LogP contribution in [0.1, 0.15) is 26.2 Å². The predicted octanol–water partition coefficient (Wildman–Crippen LogP) is 1.39. The second-order valence-electron chi connectivity index (χ2n) is 5.05. The van der Waals surface area contributed by atoms with Gasteiger partial charge < -0.3 is 15.3 Å². The summed E-state index contributed by atoms with van der Waals surface area (Å²) in [5.74, 6) is 0.717. The molecule has 3 atom stereocenters. The molecule has 1 heterocycles. The second kappa shape index (κ2) is 5.82. The Balaban J connectivity index is 1.92. The van der Waals surface area contributed by atoms with Crippen LogP contribution in [0.15, 0.2) is 0 Å². The van der Waals surface area contributed by atoms with E-state index in [9.17, 15) is 9.59 Å². The van der Waals surface area contributed by atoms with Gasteiger partial charge in [-0.2, -0.15) is 11.8 Å². The van der Waals surface area contributed by atoms with Crippen LogP contribution in [0.2, 0.25) is 0 Å². The van der Waals surface area contributed by atoms with Crippen molar-refractivity contribution in [1.29, 1.82) is 0 Å². The van der Waals surface area contributed by atoms with Crippen LogP contribution in [0.5, 0.6) is 0 Å². The maximum Gasteiger partial charge on any atom is 0.317 e. The lowest BCUT2D eigenvalue weighted by Gasteiger charge is -2.34. The Bertz CT molecular complexity index is 337. The molecule has 0 aromatic heterocycles. The van der Waals surface area contributed by atoms with Crippen LogP contribution in [0, 0.1) is 5.92 Å². The molecule has 2 N–H and O–H groups in total. The fourth-order valence-corrected chi connectivity index (χ4v) is 3.71. The largest absolute Gasteiger partial charge is 0.481 e. The molecule has 1 saturated heterocycles. The van der Waals surface area contributed by atoms with Crippen LogP contribution >= 0.6 is 11.8 Å². The molecule has 5 nitrogen and oxygen atoms in total. The summed E-state index contributed by atoms with van der Waals surface area (Å²) >= 11 is 1.86. The molecule has 2 amide bonds. The third kappa shape index (κ3) is 2.91. The number of aliphatic carboxylic acids is 1. The summed E-state index contributed by atoms with van der Waals surface area (Å²) in [6.07, 6.45) is 2.33. The molecule has 3 unspecified atom stereocenters. The molecule has 6 heteroatoms. The van der Waals surface area contributed by atoms with E-state index in [1.165, 1.54) is 0 Å². The number of hydrogen-bond acceptors (Lipinski definition) is 3. The van der Waals surface area contributed by atoms with Crippen LogP contribution in [-0.4, -0.2) is 52.1 Å². The number of thioether (sulfide) groups is 1. The number of rotatable bonds is 2. The van der Waals surface area contributed by atoms with Crippen LogP contribution in [0.3, 0.4) is 0 Å². The quantitative estimate of drug-likeness (QED) is 0.797. The van der Waals surface area contributed by atoms with Crippen molar-refractivity contribution in [3.63, 3.8) is 0 Å². The van der Waals surface area contributed by atoms with E-state index < -0.39 is 11.9 Å². The zero-order valence-corrected chi connectivity index (χ0v) is 11.4. The lowest BCUT2D eigenvalue weighted by Crippen LogP contribution is -2.53. The lowest BCUT2D eigenvalue weighted by atomic mass is 10.0. The van der Waals surface area contributed by atoms with Gasteiger partial charge in [-0.15, -0.1) is 0 Å². The molecule has 2 rings (SSSR count). The monoisotopic (exact) mass is 272 g/mol. The number of carbonyl (C=O) groups excluding carboxylic acids is 1. The lowest BCUT2D eigenvalue weighted by molar-refractivity contribution is -0.142. The van der Waals surface area contributed by atoms with Crippen LogP contribution in [0.25, 0.3) is 0 Å². The molecule has 0 bridgehead atoms. The summed E-state index contributed by atoms with van der Waals surface area (Å²) in [5.41, 5.74) is 0. The van der Waals surface area contributed by atoms with Gasteiger partial charge in [0.05, 0.1) is 5.92 Å². The first-order valence-corrected chi connectivity index (χ1v) is 7.62. The predicted molar refractivity (Wildman–Crippen MR) is 70.8 cm³/mol. The number of carboxylic acid groups (broad SMARTS) is 1. The van der Waals surface area contributed by atoms with Crippen molar-refractivity contribution in [2.24, 2.45) is 5.92 Å². The molecule has 2 fully saturated rings. The first-order chi connectivity index (χ1) is 8.59. The van der Waals surface area contributed by atoms with E-state index in [0.717, 1.165) is 30.9 Å². The fourth-order valence-electron chi connectivity index (χ4n) is 2.70. The maximum absolute atomic E-state index is 12.1. The number of amides is 2. The van der Waals surface area contributed by atoms with Crippen molar-refractivity contribution in [2.75, 3.05) is 18.1 Å². The molecule has 0 aromatic rings. The highest BCUT2D eigenvalue weighted by Crippen LogP contribution is 2.26. The molecule has 1 aliphatic carbocycles. The van der Waals surface area contributed by atoms with E-state index in [1.807, 2.05) is 23.6 Å². The number of nitrogens with one attached hydrogen (secondary N) is 1. The molecular weight excluding hydrogens is 252 g/mol. The van der Waals surface area contributed by atoms with Crippen molar-refractivity contribution in [2.45, 2.75) is 38.3 Å². The van der Waals surface area contributed by atoms with E-state index >= 15 is 0 Å². The first kappa shape index (κ1) is 13.5. The van der Waals surface area contributed by atoms with Gasteiger partial charge in [0.15, 0.2) is 0 Å². The zero-order valence-electron chi connectivity index (χ0n) is 10.6. The molecule has 1 saturated carbocycles. The topological polar surface area (TPSA) is 69.6 Å². The fraction of sp³-hybridized carbons (Fsp3) is 0.833. The average Bonchev–Trinajstić information content (AvgIpc) is 2.77. The van der Waals surface area contributed by atoms with Gasteiger partial charge in [0.1, 0.15) is 0 Å². The van der Waals surface area contributed by atoms with E-state index in [2.05, 4.69) is 5.32 Å². The minimum absolute atomic E-state index is 0.0963. The van der Waals surface area contributed by atoms with Gasteiger partial charge in [0.2, 0.25) is 0 Å². The summed E-state index contributed by atoms with van der Waals surface area (Å²) in [4.78, 5) is 25.0. The molecular formula is C12H20N2O3S. The summed E-state index contributed by atoms with van der Waals surface area (Å²) < 4.78 is 0. The standard InChI is InChI=1S/C12H20N2O3S/c1-8-7-18-6-5-14(8)12(17)13-10-4-2-3-9(10)11(15)16/h8-10H,2-7H2,1H3,(H,13,17)(H,15,16). The van der Waals surface area contributed by atoms with Gasteiger partial charge in [0.25, 0.3) is 0 Å². The van der Waals surface area contributed by atoms with E-state index in [0.29, 0.717) is 6.42 Å². The van der Waals surface area contributed by atoms with Crippen LogP contribution < -0.4 is 5.32 Å². The van der Waals surface area contributed by atoms with Crippen molar-refractivity contribution in [1.82, 2.24) is 10.2 Å². The van der Waals surface area contributed by atoms with Crippen molar-refractivity contribution in [3.05, 3.63) is 0 Å². The number of hydrogen-bond donors (Lipinski definition) is 2. The Kier molecular flexibility index (Phi) is 4.37. The zero-order chi connectivity index (χ0) is 13.1. The van der Waals surface area contributed by atoms with Crippen LogP contribution in [-0.2, 0) is 4.79 Å². The molecule has 1 aliphatic heterocycles. The van der Waals surface area contributed by atoms with E-state index in [4.69, 9.17) is 5.11 Å². The minimum atomic E-state index is -0.792. The number of carboxylic acids is 1. The summed E-state index contributed by atoms with van der Waals surface area (Å²) in [7, 11) is 0. The highest BCUT2D eigenvalue weighted by Gasteiger charge is 2.35. The van der Waals surface area contributed by atoms with Gasteiger partial charge in [-0.05, 0) is 19.8 Å². The highest BCUT2D eigenvalue weighted by molar-refractivity contribution is 7.99. The Morgan fingerprint density at radius 1 is 1.39 bits per heavy atom. The van der Waals surface area contributed by atoms with Gasteiger partial charge in [-0.3, -0.25) is 4.79 Å². The van der Waals surface area contributed by atoms with Crippen LogP contribution in [0.4, 0.5) is 4.79 Å². The Hall–Kier alpha value is -0.910. The average molecular weight is 272 g/mol. The van der Waals surface area contributed by atoms with Gasteiger partial charge >= 0.3 is 12.0 Å². The second-order valence-corrected chi connectivity index (χ2v) is 6.20. The third-order valence-electron chi connectivity index (χ3n) is 3.77. The van der Waals surface area contributed by atoms with Crippen molar-refractivity contribution >= 4 is 23.8 Å². The number of carbonyl (C=O) groups is 2. The van der Waals surface area contributed by atoms with Gasteiger partial charge in [-0.25, -0.2) is 4.79 Å². The normalized spacial score (nSPS) is 32.3. The molecule has 0 spiro atoms. The van der Waals surface area contributed by atoms with E-state index in [-0.39, 0.29) is 18.1 Å². The molecule has 102 valence electrons. The Morgan fingerprint density at radius 3 is 2.83 bits per heavy atom. The minimum Gasteiger partial charge on any atom is -0.481 e. The van der Waals surface area contributed by atoms with Crippen molar-refractivity contribution < 1.29 is 14.7 Å². The first-order valence-electron chi connectivity index (χ1n) is 6.47. The molecule has 0 aromatic carbocycles. The summed E-state index contributed by atoms with van der Waals surface area (Å²) in [5, 5.41) is 12.0. The molecule has 2 aliphatic rings. The third-order valence-corrected chi connectivity index (χ3v) is 4.96. The molecule has 18 heavy (non-hydrogen) atoms. The smallest absolute Gasteiger partial charge is 0.317 e. The number of urea groups is 1. The Labute approximate surface area is 111 Å². The summed E-state index contributed by atoms with van der Waals surface area (Å²) in [6, 6.07) is -0.0637. The summed E-state index contributed by atoms with van der Waals surface area (Å²) in [6.45, 7) is 2.79. The van der Waals surface area contributed by atoms with Crippen molar-refractivity contribution in [3.8, 4) is 0 Å².